The lowest BCUT2D eigenvalue weighted by atomic mass is 10.0. The molecule has 0 radical (unpaired) electrons. The van der Waals surface area contributed by atoms with E-state index in [9.17, 15) is 8.42 Å². The Hall–Kier alpha value is 0.190. The first-order chi connectivity index (χ1) is 9.46. The van der Waals surface area contributed by atoms with Gasteiger partial charge >= 0.3 is 0 Å². The van der Waals surface area contributed by atoms with Crippen LogP contribution in [0.3, 0.4) is 0 Å². The molecule has 0 saturated carbocycles. The van der Waals surface area contributed by atoms with Crippen LogP contribution in [0.25, 0.3) is 0 Å². The summed E-state index contributed by atoms with van der Waals surface area (Å²) in [5.74, 6) is 0. The monoisotopic (exact) mass is 399 g/mol. The fraction of sp³-hybridized carbons (Fsp3) is 0.538. The van der Waals surface area contributed by atoms with Gasteiger partial charge in [-0.3, -0.25) is 0 Å². The Morgan fingerprint density at radius 1 is 1.25 bits per heavy atom. The third-order valence-corrected chi connectivity index (χ3v) is 6.66. The van der Waals surface area contributed by atoms with E-state index in [-0.39, 0.29) is 16.0 Å². The molecule has 0 bridgehead atoms. The molecule has 1 fully saturated rings. The number of hydrogen-bond acceptors (Lipinski definition) is 2. The van der Waals surface area contributed by atoms with Gasteiger partial charge in [-0.05, 0) is 37.5 Å². The molecular formula is C13H16BrCl2NO2S. The molecule has 1 aliphatic rings. The second kappa shape index (κ2) is 6.97. The molecule has 1 aliphatic heterocycles. The second-order valence-electron chi connectivity index (χ2n) is 4.82. The highest BCUT2D eigenvalue weighted by Gasteiger charge is 2.33. The Morgan fingerprint density at radius 2 is 2.00 bits per heavy atom. The van der Waals surface area contributed by atoms with E-state index in [1.807, 2.05) is 0 Å². The SMILES string of the molecule is O=S(=O)(c1ccc(Cl)c(Cl)c1)N1CCCCC1CCBr. The minimum atomic E-state index is -3.50. The summed E-state index contributed by atoms with van der Waals surface area (Å²) in [7, 11) is -3.50. The fourth-order valence-corrected chi connectivity index (χ4v) is 5.12. The van der Waals surface area contributed by atoms with Gasteiger partial charge in [0.2, 0.25) is 10.0 Å². The Labute approximate surface area is 138 Å². The lowest BCUT2D eigenvalue weighted by Crippen LogP contribution is -2.43. The van der Waals surface area contributed by atoms with E-state index < -0.39 is 10.0 Å². The zero-order valence-corrected chi connectivity index (χ0v) is 14.8. The number of rotatable bonds is 4. The van der Waals surface area contributed by atoms with Crippen molar-refractivity contribution in [2.24, 2.45) is 0 Å². The Morgan fingerprint density at radius 3 is 2.65 bits per heavy atom. The minimum Gasteiger partial charge on any atom is -0.207 e. The molecule has 3 nitrogen and oxygen atoms in total. The average molecular weight is 401 g/mol. The summed E-state index contributed by atoms with van der Waals surface area (Å²) in [6, 6.07) is 4.53. The molecule has 1 heterocycles. The topological polar surface area (TPSA) is 37.4 Å². The number of alkyl halides is 1. The smallest absolute Gasteiger partial charge is 0.207 e. The van der Waals surface area contributed by atoms with Crippen LogP contribution in [0.4, 0.5) is 0 Å². The van der Waals surface area contributed by atoms with Gasteiger partial charge in [0, 0.05) is 17.9 Å². The standard InChI is InChI=1S/C13H16BrCl2NO2S/c14-7-6-10-3-1-2-8-17(10)20(18,19)11-4-5-12(15)13(16)9-11/h4-5,9-10H,1-3,6-8H2. The van der Waals surface area contributed by atoms with Crippen molar-refractivity contribution in [1.29, 1.82) is 0 Å². The van der Waals surface area contributed by atoms with Crippen LogP contribution in [0.5, 0.6) is 0 Å². The van der Waals surface area contributed by atoms with E-state index in [4.69, 9.17) is 23.2 Å². The molecule has 0 spiro atoms. The van der Waals surface area contributed by atoms with Crippen LogP contribution >= 0.6 is 39.1 Å². The molecule has 0 amide bonds. The summed E-state index contributed by atoms with van der Waals surface area (Å²) in [5, 5.41) is 1.42. The minimum absolute atomic E-state index is 0.0579. The summed E-state index contributed by atoms with van der Waals surface area (Å²) in [6.45, 7) is 0.570. The first kappa shape index (κ1) is 16.6. The van der Waals surface area contributed by atoms with Gasteiger partial charge in [-0.15, -0.1) is 0 Å². The molecule has 0 aromatic heterocycles. The van der Waals surface area contributed by atoms with Gasteiger partial charge in [0.1, 0.15) is 0 Å². The first-order valence-electron chi connectivity index (χ1n) is 6.49. The number of benzene rings is 1. The molecule has 0 aliphatic carbocycles. The van der Waals surface area contributed by atoms with Gasteiger partial charge in [-0.1, -0.05) is 45.6 Å². The van der Waals surface area contributed by atoms with Crippen LogP contribution in [0, 0.1) is 0 Å². The Balaban J connectivity index is 2.34. The lowest BCUT2D eigenvalue weighted by molar-refractivity contribution is 0.248. The highest BCUT2D eigenvalue weighted by molar-refractivity contribution is 9.09. The third-order valence-electron chi connectivity index (χ3n) is 3.51. The van der Waals surface area contributed by atoms with Crippen molar-refractivity contribution in [1.82, 2.24) is 4.31 Å². The maximum Gasteiger partial charge on any atom is 0.243 e. The molecular weight excluding hydrogens is 385 g/mol. The van der Waals surface area contributed by atoms with Gasteiger partial charge in [0.05, 0.1) is 14.9 Å². The van der Waals surface area contributed by atoms with Crippen molar-refractivity contribution in [3.05, 3.63) is 28.2 Å². The van der Waals surface area contributed by atoms with Crippen molar-refractivity contribution < 1.29 is 8.42 Å². The first-order valence-corrected chi connectivity index (χ1v) is 9.81. The number of piperidine rings is 1. The summed E-state index contributed by atoms with van der Waals surface area (Å²) in [5.41, 5.74) is 0. The van der Waals surface area contributed by atoms with Gasteiger partial charge < -0.3 is 0 Å². The second-order valence-corrected chi connectivity index (χ2v) is 8.32. The van der Waals surface area contributed by atoms with E-state index in [1.165, 1.54) is 18.2 Å². The Kier molecular flexibility index (Phi) is 5.77. The lowest BCUT2D eigenvalue weighted by Gasteiger charge is -2.34. The number of hydrogen-bond donors (Lipinski definition) is 0. The van der Waals surface area contributed by atoms with Crippen molar-refractivity contribution in [2.45, 2.75) is 36.6 Å². The predicted octanol–water partition coefficient (Wildman–Crippen LogP) is 4.32. The normalized spacial score (nSPS) is 21.1. The zero-order chi connectivity index (χ0) is 14.8. The van der Waals surface area contributed by atoms with Crippen LogP contribution in [-0.4, -0.2) is 30.6 Å². The molecule has 0 N–H and O–H groups in total. The maximum atomic E-state index is 12.7. The molecule has 20 heavy (non-hydrogen) atoms. The Bertz CT molecular complexity index is 578. The summed E-state index contributed by atoms with van der Waals surface area (Å²) in [4.78, 5) is 0.216. The number of nitrogens with zero attached hydrogens (tertiary/aromatic N) is 1. The molecule has 2 rings (SSSR count). The quantitative estimate of drug-likeness (QED) is 0.705. The van der Waals surface area contributed by atoms with Crippen LogP contribution in [0.15, 0.2) is 23.1 Å². The fourth-order valence-electron chi connectivity index (χ4n) is 2.48. The average Bonchev–Trinajstić information content (AvgIpc) is 2.42. The van der Waals surface area contributed by atoms with Gasteiger partial charge in [0.15, 0.2) is 0 Å². The molecule has 1 saturated heterocycles. The van der Waals surface area contributed by atoms with Gasteiger partial charge in [0.25, 0.3) is 0 Å². The van der Waals surface area contributed by atoms with Crippen molar-refractivity contribution in [2.75, 3.05) is 11.9 Å². The third kappa shape index (κ3) is 3.50. The molecule has 1 aromatic rings. The van der Waals surface area contributed by atoms with E-state index >= 15 is 0 Å². The largest absolute Gasteiger partial charge is 0.243 e. The summed E-state index contributed by atoms with van der Waals surface area (Å²) in [6.07, 6.45) is 3.71. The van der Waals surface area contributed by atoms with Gasteiger partial charge in [-0.25, -0.2) is 8.42 Å². The molecule has 7 heteroatoms. The van der Waals surface area contributed by atoms with E-state index in [2.05, 4.69) is 15.9 Å². The van der Waals surface area contributed by atoms with E-state index in [0.29, 0.717) is 11.6 Å². The van der Waals surface area contributed by atoms with Gasteiger partial charge in [-0.2, -0.15) is 4.31 Å². The molecule has 1 atom stereocenters. The van der Waals surface area contributed by atoms with Crippen molar-refractivity contribution in [3.63, 3.8) is 0 Å². The maximum absolute atomic E-state index is 12.7. The van der Waals surface area contributed by atoms with E-state index in [0.717, 1.165) is 31.0 Å². The number of sulfonamides is 1. The highest BCUT2D eigenvalue weighted by Crippen LogP contribution is 2.30. The zero-order valence-electron chi connectivity index (χ0n) is 10.9. The van der Waals surface area contributed by atoms with Crippen LogP contribution in [-0.2, 0) is 10.0 Å². The molecule has 1 aromatic carbocycles. The highest BCUT2D eigenvalue weighted by atomic mass is 79.9. The van der Waals surface area contributed by atoms with Crippen molar-refractivity contribution in [3.8, 4) is 0 Å². The summed E-state index contributed by atoms with van der Waals surface area (Å²) >= 11 is 15.2. The van der Waals surface area contributed by atoms with Crippen molar-refractivity contribution >= 4 is 49.2 Å². The number of halogens is 3. The summed E-state index contributed by atoms with van der Waals surface area (Å²) < 4.78 is 27.1. The molecule has 1 unspecified atom stereocenters. The van der Waals surface area contributed by atoms with Crippen LogP contribution in [0.1, 0.15) is 25.7 Å². The van der Waals surface area contributed by atoms with E-state index in [1.54, 1.807) is 4.31 Å². The molecule has 112 valence electrons. The predicted molar refractivity (Wildman–Crippen MR) is 86.4 cm³/mol. The van der Waals surface area contributed by atoms with Crippen LogP contribution in [0.2, 0.25) is 10.0 Å². The van der Waals surface area contributed by atoms with Crippen LogP contribution < -0.4 is 0 Å².